The summed E-state index contributed by atoms with van der Waals surface area (Å²) in [6.07, 6.45) is 0.668. The van der Waals surface area contributed by atoms with E-state index in [9.17, 15) is 4.79 Å². The number of nitrogens with zero attached hydrogens (tertiary/aromatic N) is 2. The first-order valence-electron chi connectivity index (χ1n) is 6.43. The van der Waals surface area contributed by atoms with Crippen molar-refractivity contribution < 1.29 is 4.79 Å². The van der Waals surface area contributed by atoms with Gasteiger partial charge in [0.25, 0.3) is 0 Å². The number of para-hydroxylation sites is 2. The number of aliphatic imine (C=N–C) groups is 2. The summed E-state index contributed by atoms with van der Waals surface area (Å²) < 4.78 is 0. The van der Waals surface area contributed by atoms with Crippen LogP contribution in [0.2, 0.25) is 0 Å². The van der Waals surface area contributed by atoms with E-state index in [1.54, 1.807) is 24.3 Å². The van der Waals surface area contributed by atoms with Crippen molar-refractivity contribution in [3.05, 3.63) is 60.2 Å². The van der Waals surface area contributed by atoms with E-state index >= 15 is 0 Å². The molecule has 5 nitrogen and oxygen atoms in total. The highest BCUT2D eigenvalue weighted by Crippen LogP contribution is 2.12. The summed E-state index contributed by atoms with van der Waals surface area (Å²) in [7, 11) is 0. The second-order valence-corrected chi connectivity index (χ2v) is 4.35. The normalized spacial score (nSPS) is 12.2. The Morgan fingerprint density at radius 2 is 1.71 bits per heavy atom. The fourth-order valence-electron chi connectivity index (χ4n) is 1.79. The van der Waals surface area contributed by atoms with Gasteiger partial charge in [-0.15, -0.1) is 0 Å². The van der Waals surface area contributed by atoms with E-state index in [0.717, 1.165) is 5.69 Å². The Labute approximate surface area is 123 Å². The third-order valence-corrected chi connectivity index (χ3v) is 2.79. The minimum atomic E-state index is 0.136. The quantitative estimate of drug-likeness (QED) is 0.379. The minimum absolute atomic E-state index is 0.136. The lowest BCUT2D eigenvalue weighted by Gasteiger charge is -2.04. The highest BCUT2D eigenvalue weighted by atomic mass is 16.1. The molecule has 0 aliphatic heterocycles. The maximum Gasteiger partial charge on any atom is 0.168 e. The second kappa shape index (κ2) is 7.00. The van der Waals surface area contributed by atoms with Gasteiger partial charge in [-0.3, -0.25) is 9.79 Å². The van der Waals surface area contributed by atoms with Gasteiger partial charge in [-0.05, 0) is 18.2 Å². The van der Waals surface area contributed by atoms with Crippen LogP contribution in [-0.2, 0) is 4.79 Å². The molecule has 5 heteroatoms. The van der Waals surface area contributed by atoms with E-state index < -0.39 is 0 Å². The molecule has 0 spiro atoms. The van der Waals surface area contributed by atoms with Gasteiger partial charge in [0, 0.05) is 11.3 Å². The van der Waals surface area contributed by atoms with Crippen molar-refractivity contribution >= 4 is 29.2 Å². The van der Waals surface area contributed by atoms with Crippen molar-refractivity contribution in [1.82, 2.24) is 0 Å². The lowest BCUT2D eigenvalue weighted by molar-refractivity contribution is -0.102. The first-order valence-corrected chi connectivity index (χ1v) is 6.43. The number of benzene rings is 2. The van der Waals surface area contributed by atoms with Crippen LogP contribution in [0, 0.1) is 0 Å². The molecule has 0 amide bonds. The van der Waals surface area contributed by atoms with Crippen molar-refractivity contribution in [2.45, 2.75) is 0 Å². The highest BCUT2D eigenvalue weighted by molar-refractivity contribution is 6.37. The number of rotatable bonds is 5. The largest absolute Gasteiger partial charge is 0.398 e. The molecule has 0 bridgehead atoms. The van der Waals surface area contributed by atoms with E-state index in [1.165, 1.54) is 0 Å². The summed E-state index contributed by atoms with van der Waals surface area (Å²) in [5, 5.41) is 0. The molecular weight excluding hydrogens is 264 g/mol. The third-order valence-electron chi connectivity index (χ3n) is 2.79. The summed E-state index contributed by atoms with van der Waals surface area (Å²) in [5.41, 5.74) is 13.8. The monoisotopic (exact) mass is 280 g/mol. The van der Waals surface area contributed by atoms with E-state index in [4.69, 9.17) is 11.5 Å². The number of nitrogens with two attached hydrogens (primary N) is 2. The van der Waals surface area contributed by atoms with Gasteiger partial charge in [0.15, 0.2) is 6.29 Å². The summed E-state index contributed by atoms with van der Waals surface area (Å²) in [6, 6.07) is 16.4. The maximum atomic E-state index is 11.2. The molecule has 0 aliphatic rings. The third kappa shape index (κ3) is 4.01. The summed E-state index contributed by atoms with van der Waals surface area (Å²) in [4.78, 5) is 19.6. The first-order chi connectivity index (χ1) is 10.2. The van der Waals surface area contributed by atoms with Gasteiger partial charge < -0.3 is 11.5 Å². The average Bonchev–Trinajstić information content (AvgIpc) is 2.50. The number of aldehydes is 1. The Morgan fingerprint density at radius 1 is 1.05 bits per heavy atom. The molecule has 0 heterocycles. The number of hydrogen-bond acceptors (Lipinski definition) is 4. The van der Waals surface area contributed by atoms with Crippen LogP contribution in [0.1, 0.15) is 5.56 Å². The average molecular weight is 280 g/mol. The fourth-order valence-corrected chi connectivity index (χ4v) is 1.79. The fraction of sp³-hybridized carbons (Fsp3) is 0.0625. The van der Waals surface area contributed by atoms with E-state index in [-0.39, 0.29) is 12.3 Å². The molecule has 0 aliphatic carbocycles. The van der Waals surface area contributed by atoms with Crippen LogP contribution in [0.5, 0.6) is 0 Å². The summed E-state index contributed by atoms with van der Waals surface area (Å²) in [6.45, 7) is 0.136. The molecule has 106 valence electrons. The Kier molecular flexibility index (Phi) is 4.82. The van der Waals surface area contributed by atoms with Crippen LogP contribution in [-0.4, -0.2) is 24.4 Å². The molecule has 2 rings (SSSR count). The molecular formula is C16H16N4O. The van der Waals surface area contributed by atoms with Crippen LogP contribution < -0.4 is 11.5 Å². The topological polar surface area (TPSA) is 93.8 Å². The van der Waals surface area contributed by atoms with Crippen molar-refractivity contribution in [2.75, 3.05) is 12.3 Å². The van der Waals surface area contributed by atoms with Crippen molar-refractivity contribution in [2.24, 2.45) is 15.7 Å². The van der Waals surface area contributed by atoms with Crippen LogP contribution in [0.3, 0.4) is 0 Å². The number of hydrogen-bond donors (Lipinski definition) is 2. The number of nitrogen functional groups attached to an aromatic ring is 1. The lowest BCUT2D eigenvalue weighted by atomic mass is 10.1. The zero-order valence-corrected chi connectivity index (χ0v) is 11.4. The minimum Gasteiger partial charge on any atom is -0.398 e. The van der Waals surface area contributed by atoms with E-state index in [2.05, 4.69) is 9.98 Å². The number of carbonyl (C=O) groups is 1. The number of anilines is 1. The predicted octanol–water partition coefficient (Wildman–Crippen LogP) is 1.95. The standard InChI is InChI=1S/C16H16N4O/c17-14-9-5-4-8-13(14)15(11-21)19-10-16(18)20-12-6-2-1-3-7-12/h1-9,11H,10,17H2,(H2,18,20)/b19-15-. The van der Waals surface area contributed by atoms with Crippen LogP contribution >= 0.6 is 0 Å². The Bertz CT molecular complexity index is 678. The lowest BCUT2D eigenvalue weighted by Crippen LogP contribution is -2.17. The van der Waals surface area contributed by atoms with E-state index in [0.29, 0.717) is 23.4 Å². The Balaban J connectivity index is 2.17. The maximum absolute atomic E-state index is 11.2. The molecule has 0 saturated carbocycles. The highest BCUT2D eigenvalue weighted by Gasteiger charge is 2.05. The smallest absolute Gasteiger partial charge is 0.168 e. The first kappa shape index (κ1) is 14.5. The molecule has 2 aromatic rings. The van der Waals surface area contributed by atoms with Crippen LogP contribution in [0.25, 0.3) is 0 Å². The van der Waals surface area contributed by atoms with Crippen molar-refractivity contribution in [3.63, 3.8) is 0 Å². The van der Waals surface area contributed by atoms with Crippen molar-refractivity contribution in [3.8, 4) is 0 Å². The van der Waals surface area contributed by atoms with Crippen LogP contribution in [0.4, 0.5) is 11.4 Å². The number of carbonyl (C=O) groups excluding carboxylic acids is 1. The van der Waals surface area contributed by atoms with E-state index in [1.807, 2.05) is 30.3 Å². The summed E-state index contributed by atoms with van der Waals surface area (Å²) in [5.74, 6) is 0.329. The number of amidine groups is 1. The van der Waals surface area contributed by atoms with Gasteiger partial charge in [-0.25, -0.2) is 4.99 Å². The molecule has 0 aromatic heterocycles. The molecule has 0 saturated heterocycles. The van der Waals surface area contributed by atoms with Gasteiger partial charge in [-0.2, -0.15) is 0 Å². The molecule has 0 fully saturated rings. The molecule has 0 unspecified atom stereocenters. The molecule has 2 aromatic carbocycles. The van der Waals surface area contributed by atoms with Crippen molar-refractivity contribution in [1.29, 1.82) is 0 Å². The molecule has 0 atom stereocenters. The van der Waals surface area contributed by atoms with Gasteiger partial charge in [0.05, 0.1) is 12.2 Å². The predicted molar refractivity (Wildman–Crippen MR) is 86.0 cm³/mol. The Morgan fingerprint density at radius 3 is 2.38 bits per heavy atom. The van der Waals surface area contributed by atoms with Gasteiger partial charge in [0.2, 0.25) is 0 Å². The van der Waals surface area contributed by atoms with Gasteiger partial charge >= 0.3 is 0 Å². The second-order valence-electron chi connectivity index (χ2n) is 4.35. The SMILES string of the molecule is N/C(C/N=C(/C=O)c1ccccc1N)=N\c1ccccc1. The van der Waals surface area contributed by atoms with Crippen LogP contribution in [0.15, 0.2) is 64.6 Å². The molecule has 0 radical (unpaired) electrons. The van der Waals surface area contributed by atoms with Gasteiger partial charge in [0.1, 0.15) is 11.5 Å². The zero-order valence-electron chi connectivity index (χ0n) is 11.4. The Hall–Kier alpha value is -2.95. The molecule has 4 N–H and O–H groups in total. The van der Waals surface area contributed by atoms with Gasteiger partial charge in [-0.1, -0.05) is 36.4 Å². The summed E-state index contributed by atoms with van der Waals surface area (Å²) >= 11 is 0. The zero-order chi connectivity index (χ0) is 15.1. The molecule has 21 heavy (non-hydrogen) atoms.